The number of amides is 2. The van der Waals surface area contributed by atoms with Crippen LogP contribution in [0.4, 0.5) is 11.4 Å². The molecule has 2 amide bonds. The summed E-state index contributed by atoms with van der Waals surface area (Å²) in [6.45, 7) is 4.66. The van der Waals surface area contributed by atoms with Gasteiger partial charge in [0.15, 0.2) is 5.78 Å². The number of rotatable bonds is 2. The number of hydrogen-bond donors (Lipinski definition) is 2. The van der Waals surface area contributed by atoms with E-state index in [2.05, 4.69) is 21.6 Å². The predicted octanol–water partition coefficient (Wildman–Crippen LogP) is 4.32. The first-order valence-electron chi connectivity index (χ1n) is 12.6. The summed E-state index contributed by atoms with van der Waals surface area (Å²) in [5.74, 6) is -1.27. The second-order valence-corrected chi connectivity index (χ2v) is 10.6. The maximum atomic E-state index is 14.5. The monoisotopic (exact) mass is 477 g/mol. The number of nitrogens with one attached hydrogen (secondary N) is 2. The van der Waals surface area contributed by atoms with E-state index in [9.17, 15) is 14.4 Å². The fraction of sp³-hybridized carbons (Fsp3) is 0.300. The van der Waals surface area contributed by atoms with Gasteiger partial charge in [-0.15, -0.1) is 0 Å². The van der Waals surface area contributed by atoms with E-state index in [1.807, 2.05) is 74.5 Å². The number of nitrogens with zero attached hydrogens (tertiary/aromatic N) is 1. The van der Waals surface area contributed by atoms with E-state index in [-0.39, 0.29) is 23.6 Å². The SMILES string of the molecule is Cc1cc(C)c2c(c1)[C@]1(C(=O)N2)N2CCC[C@@H]2[C@@H](C(=O)c2ccccc2)[C@@]12C(=O)Nc1ccccc12. The third kappa shape index (κ3) is 2.29. The molecule has 4 heterocycles. The fourth-order valence-electron chi connectivity index (χ4n) is 7.82. The zero-order valence-electron chi connectivity index (χ0n) is 20.3. The van der Waals surface area contributed by atoms with Gasteiger partial charge in [-0.05, 0) is 50.4 Å². The summed E-state index contributed by atoms with van der Waals surface area (Å²) in [7, 11) is 0. The second kappa shape index (κ2) is 7.14. The van der Waals surface area contributed by atoms with Crippen LogP contribution >= 0.6 is 0 Å². The summed E-state index contributed by atoms with van der Waals surface area (Å²) in [6.07, 6.45) is 1.63. The largest absolute Gasteiger partial charge is 0.325 e. The molecule has 6 heteroatoms. The Morgan fingerprint density at radius 3 is 2.47 bits per heavy atom. The molecule has 7 rings (SSSR count). The lowest BCUT2D eigenvalue weighted by molar-refractivity contribution is -0.137. The Morgan fingerprint density at radius 1 is 0.917 bits per heavy atom. The number of carbonyl (C=O) groups excluding carboxylic acids is 3. The van der Waals surface area contributed by atoms with E-state index >= 15 is 0 Å². The molecule has 0 saturated carbocycles. The molecule has 36 heavy (non-hydrogen) atoms. The van der Waals surface area contributed by atoms with Crippen molar-refractivity contribution in [3.8, 4) is 0 Å². The van der Waals surface area contributed by atoms with Gasteiger partial charge in [-0.1, -0.05) is 66.2 Å². The van der Waals surface area contributed by atoms with Crippen LogP contribution in [0, 0.1) is 19.8 Å². The Bertz CT molecular complexity index is 1480. The van der Waals surface area contributed by atoms with Gasteiger partial charge in [0.2, 0.25) is 5.91 Å². The summed E-state index contributed by atoms with van der Waals surface area (Å²) in [6, 6.07) is 20.7. The van der Waals surface area contributed by atoms with Gasteiger partial charge >= 0.3 is 0 Å². The molecule has 6 nitrogen and oxygen atoms in total. The molecular formula is C30H27N3O3. The summed E-state index contributed by atoms with van der Waals surface area (Å²) < 4.78 is 0. The molecule has 4 aliphatic heterocycles. The first-order chi connectivity index (χ1) is 17.4. The number of ketones is 1. The lowest BCUT2D eigenvalue weighted by Crippen LogP contribution is -2.62. The van der Waals surface area contributed by atoms with Gasteiger partial charge < -0.3 is 10.6 Å². The number of hydrogen-bond acceptors (Lipinski definition) is 4. The van der Waals surface area contributed by atoms with Crippen molar-refractivity contribution in [2.24, 2.45) is 5.92 Å². The van der Waals surface area contributed by atoms with E-state index in [1.165, 1.54) is 0 Å². The van der Waals surface area contributed by atoms with Crippen LogP contribution in [-0.4, -0.2) is 35.1 Å². The molecule has 0 aromatic heterocycles. The highest BCUT2D eigenvalue weighted by Crippen LogP contribution is 2.68. The molecule has 0 unspecified atom stereocenters. The summed E-state index contributed by atoms with van der Waals surface area (Å²) in [5, 5.41) is 6.26. The maximum Gasteiger partial charge on any atom is 0.251 e. The normalized spacial score (nSPS) is 29.8. The Labute approximate surface area is 209 Å². The molecule has 3 aromatic rings. The minimum absolute atomic E-state index is 0.0816. The van der Waals surface area contributed by atoms with Crippen LogP contribution < -0.4 is 10.6 Å². The van der Waals surface area contributed by atoms with Gasteiger partial charge in [0.25, 0.3) is 5.91 Å². The maximum absolute atomic E-state index is 14.5. The quantitative estimate of drug-likeness (QED) is 0.539. The van der Waals surface area contributed by atoms with Gasteiger partial charge in [0.05, 0.1) is 5.92 Å². The van der Waals surface area contributed by atoms with Crippen molar-refractivity contribution in [3.63, 3.8) is 0 Å². The lowest BCUT2D eigenvalue weighted by Gasteiger charge is -2.43. The topological polar surface area (TPSA) is 78.5 Å². The van der Waals surface area contributed by atoms with Crippen LogP contribution in [0.1, 0.15) is 45.5 Å². The number of benzene rings is 3. The molecule has 180 valence electrons. The Kier molecular flexibility index (Phi) is 4.26. The van der Waals surface area contributed by atoms with Gasteiger partial charge in [0, 0.05) is 28.5 Å². The van der Waals surface area contributed by atoms with Crippen molar-refractivity contribution in [3.05, 3.63) is 94.5 Å². The third-order valence-corrected chi connectivity index (χ3v) is 8.89. The molecule has 0 radical (unpaired) electrons. The standard InChI is InChI=1S/C30H27N3O3/c1-17-15-18(2)25-21(16-17)30(28(36)32-25)29(20-11-6-7-12-22(20)31-27(29)35)24(23-13-8-14-33(23)30)26(34)19-9-4-3-5-10-19/h3-7,9-12,15-16,23-24H,8,13-14H2,1-2H3,(H,31,35)(H,32,36)/t23-,24+,29+,30-/m1/s1. The molecule has 2 spiro atoms. The van der Waals surface area contributed by atoms with Crippen molar-refractivity contribution >= 4 is 29.0 Å². The molecule has 4 aliphatic rings. The van der Waals surface area contributed by atoms with Crippen molar-refractivity contribution < 1.29 is 14.4 Å². The van der Waals surface area contributed by atoms with Crippen LogP contribution in [0.2, 0.25) is 0 Å². The fourth-order valence-corrected chi connectivity index (χ4v) is 7.82. The number of fused-ring (bicyclic) bond motifs is 7. The van der Waals surface area contributed by atoms with Crippen molar-refractivity contribution in [2.45, 2.75) is 43.7 Å². The van der Waals surface area contributed by atoms with E-state index < -0.39 is 16.9 Å². The van der Waals surface area contributed by atoms with Gasteiger partial charge in [-0.3, -0.25) is 19.3 Å². The zero-order chi connectivity index (χ0) is 24.8. The minimum Gasteiger partial charge on any atom is -0.325 e. The predicted molar refractivity (Wildman–Crippen MR) is 137 cm³/mol. The van der Waals surface area contributed by atoms with Crippen molar-refractivity contribution in [1.29, 1.82) is 0 Å². The van der Waals surface area contributed by atoms with Gasteiger partial charge in [-0.25, -0.2) is 0 Å². The Hall–Kier alpha value is -3.77. The van der Waals surface area contributed by atoms with Crippen molar-refractivity contribution in [1.82, 2.24) is 4.90 Å². The lowest BCUT2D eigenvalue weighted by atomic mass is 9.57. The highest BCUT2D eigenvalue weighted by molar-refractivity contribution is 6.21. The minimum atomic E-state index is -1.39. The smallest absolute Gasteiger partial charge is 0.251 e. The van der Waals surface area contributed by atoms with Crippen LogP contribution in [-0.2, 0) is 20.5 Å². The molecule has 0 bridgehead atoms. The van der Waals surface area contributed by atoms with E-state index in [1.54, 1.807) is 0 Å². The first kappa shape index (κ1) is 21.5. The number of Topliss-reactive ketones (excluding diaryl/α,β-unsaturated/α-hetero) is 1. The number of para-hydroxylation sites is 1. The highest BCUT2D eigenvalue weighted by Gasteiger charge is 2.81. The Balaban J connectivity index is 1.62. The summed E-state index contributed by atoms with van der Waals surface area (Å²) in [5.41, 5.74) is 2.85. The first-order valence-corrected chi connectivity index (χ1v) is 12.6. The Morgan fingerprint density at radius 2 is 1.67 bits per heavy atom. The van der Waals surface area contributed by atoms with Crippen LogP contribution in [0.3, 0.4) is 0 Å². The molecule has 2 fully saturated rings. The van der Waals surface area contributed by atoms with E-state index in [0.29, 0.717) is 17.8 Å². The van der Waals surface area contributed by atoms with Gasteiger partial charge in [0.1, 0.15) is 11.0 Å². The molecule has 4 atom stereocenters. The molecule has 2 N–H and O–H groups in total. The van der Waals surface area contributed by atoms with E-state index in [0.717, 1.165) is 40.8 Å². The number of carbonyl (C=O) groups is 3. The second-order valence-electron chi connectivity index (χ2n) is 10.6. The average molecular weight is 478 g/mol. The molecule has 3 aromatic carbocycles. The summed E-state index contributed by atoms with van der Waals surface area (Å²) in [4.78, 5) is 45.5. The molecular weight excluding hydrogens is 450 g/mol. The third-order valence-electron chi connectivity index (χ3n) is 8.89. The number of anilines is 2. The summed E-state index contributed by atoms with van der Waals surface area (Å²) >= 11 is 0. The zero-order valence-corrected chi connectivity index (χ0v) is 20.3. The highest BCUT2D eigenvalue weighted by atomic mass is 16.2. The van der Waals surface area contributed by atoms with Crippen LogP contribution in [0.5, 0.6) is 0 Å². The molecule has 0 aliphatic carbocycles. The van der Waals surface area contributed by atoms with E-state index in [4.69, 9.17) is 0 Å². The average Bonchev–Trinajstić information content (AvgIpc) is 3.59. The van der Waals surface area contributed by atoms with Gasteiger partial charge in [-0.2, -0.15) is 0 Å². The number of aryl methyl sites for hydroxylation is 2. The van der Waals surface area contributed by atoms with Crippen LogP contribution in [0.15, 0.2) is 66.7 Å². The molecule has 2 saturated heterocycles. The van der Waals surface area contributed by atoms with Crippen molar-refractivity contribution in [2.75, 3.05) is 17.2 Å². The van der Waals surface area contributed by atoms with Crippen LogP contribution in [0.25, 0.3) is 0 Å².